The van der Waals surface area contributed by atoms with Crippen LogP contribution in [0.25, 0.3) is 0 Å². The van der Waals surface area contributed by atoms with E-state index in [4.69, 9.17) is 5.73 Å². The van der Waals surface area contributed by atoms with E-state index in [-0.39, 0.29) is 17.3 Å². The molecular weight excluding hydrogens is 251 g/mol. The van der Waals surface area contributed by atoms with Crippen LogP contribution >= 0.6 is 0 Å². The third kappa shape index (κ3) is 2.26. The van der Waals surface area contributed by atoms with E-state index in [2.05, 4.69) is 5.10 Å². The quantitative estimate of drug-likeness (QED) is 0.679. The summed E-state index contributed by atoms with van der Waals surface area (Å²) in [6.07, 6.45) is 1.60. The second kappa shape index (κ2) is 5.05. The molecule has 0 aliphatic carbocycles. The fourth-order valence-corrected chi connectivity index (χ4v) is 2.02. The van der Waals surface area contributed by atoms with Gasteiger partial charge in [0.2, 0.25) is 5.82 Å². The molecule has 1 heterocycles. The minimum absolute atomic E-state index is 0.0693. The van der Waals surface area contributed by atoms with Gasteiger partial charge in [-0.2, -0.15) is 5.10 Å². The Kier molecular flexibility index (Phi) is 3.46. The smallest absolute Gasteiger partial charge is 0.330 e. The fourth-order valence-electron chi connectivity index (χ4n) is 2.02. The van der Waals surface area contributed by atoms with Gasteiger partial charge in [0.05, 0.1) is 11.0 Å². The highest BCUT2D eigenvalue weighted by Gasteiger charge is 2.24. The van der Waals surface area contributed by atoms with Gasteiger partial charge < -0.3 is 5.73 Å². The molecule has 0 bridgehead atoms. The highest BCUT2D eigenvalue weighted by molar-refractivity contribution is 5.52. The molecule has 1 unspecified atom stereocenters. The first-order chi connectivity index (χ1) is 9.06. The van der Waals surface area contributed by atoms with Crippen LogP contribution in [0.2, 0.25) is 0 Å². The van der Waals surface area contributed by atoms with Crippen LogP contribution in [0.1, 0.15) is 24.9 Å². The lowest BCUT2D eigenvalue weighted by Gasteiger charge is -2.17. The highest BCUT2D eigenvalue weighted by Crippen LogP contribution is 2.30. The van der Waals surface area contributed by atoms with E-state index in [1.807, 2.05) is 6.92 Å². The van der Waals surface area contributed by atoms with E-state index >= 15 is 0 Å². The molecule has 0 amide bonds. The normalized spacial score (nSPS) is 12.3. The van der Waals surface area contributed by atoms with Gasteiger partial charge in [0, 0.05) is 5.56 Å². The molecule has 2 rings (SSSR count). The molecule has 0 spiro atoms. The molecule has 2 aromatic rings. The topological polar surface area (TPSA) is 87.0 Å². The van der Waals surface area contributed by atoms with Crippen LogP contribution in [0.3, 0.4) is 0 Å². The van der Waals surface area contributed by atoms with Crippen LogP contribution in [-0.4, -0.2) is 14.7 Å². The van der Waals surface area contributed by atoms with Crippen LogP contribution in [0.15, 0.2) is 30.5 Å². The average molecular weight is 264 g/mol. The number of nitrogen functional groups attached to an aromatic ring is 1. The van der Waals surface area contributed by atoms with Crippen molar-refractivity contribution in [2.75, 3.05) is 5.73 Å². The van der Waals surface area contributed by atoms with E-state index in [9.17, 15) is 14.5 Å². The summed E-state index contributed by atoms with van der Waals surface area (Å²) in [5, 5.41) is 14.7. The SMILES string of the molecule is CCC(c1ccccc1F)n1ncc([N+](=O)[O-])c1N. The van der Waals surface area contributed by atoms with Gasteiger partial charge in [0.1, 0.15) is 12.0 Å². The molecule has 19 heavy (non-hydrogen) atoms. The first-order valence-electron chi connectivity index (χ1n) is 5.78. The molecule has 0 aliphatic rings. The molecule has 1 atom stereocenters. The maximum absolute atomic E-state index is 13.8. The van der Waals surface area contributed by atoms with Crippen LogP contribution in [0, 0.1) is 15.9 Å². The van der Waals surface area contributed by atoms with Crippen molar-refractivity contribution in [2.24, 2.45) is 0 Å². The molecule has 2 N–H and O–H groups in total. The zero-order valence-corrected chi connectivity index (χ0v) is 10.3. The Balaban J connectivity index is 2.49. The van der Waals surface area contributed by atoms with E-state index < -0.39 is 11.0 Å². The first-order valence-corrected chi connectivity index (χ1v) is 5.78. The van der Waals surface area contributed by atoms with Crippen molar-refractivity contribution >= 4 is 11.5 Å². The predicted octanol–water partition coefficient (Wildman–Crippen LogP) is 2.51. The van der Waals surface area contributed by atoms with Gasteiger partial charge in [-0.3, -0.25) is 10.1 Å². The molecule has 0 fully saturated rings. The summed E-state index contributed by atoms with van der Waals surface area (Å²) in [4.78, 5) is 10.1. The number of rotatable bonds is 4. The predicted molar refractivity (Wildman–Crippen MR) is 68.1 cm³/mol. The largest absolute Gasteiger partial charge is 0.378 e. The van der Waals surface area contributed by atoms with Gasteiger partial charge in [0.25, 0.3) is 0 Å². The first kappa shape index (κ1) is 13.0. The van der Waals surface area contributed by atoms with E-state index in [1.54, 1.807) is 18.2 Å². The summed E-state index contributed by atoms with van der Waals surface area (Å²) in [6, 6.07) is 5.79. The lowest BCUT2D eigenvalue weighted by molar-refractivity contribution is -0.384. The lowest BCUT2D eigenvalue weighted by atomic mass is 10.0. The number of halogens is 1. The van der Waals surface area contributed by atoms with E-state index in [1.165, 1.54) is 10.7 Å². The summed E-state index contributed by atoms with van der Waals surface area (Å²) >= 11 is 0. The maximum atomic E-state index is 13.8. The molecule has 0 saturated heterocycles. The van der Waals surface area contributed by atoms with Crippen molar-refractivity contribution < 1.29 is 9.31 Å². The molecule has 1 aromatic carbocycles. The number of nitrogens with two attached hydrogens (primary N) is 1. The minimum Gasteiger partial charge on any atom is -0.378 e. The molecule has 0 saturated carbocycles. The number of aromatic nitrogens is 2. The van der Waals surface area contributed by atoms with Crippen LogP contribution in [-0.2, 0) is 0 Å². The van der Waals surface area contributed by atoms with Gasteiger partial charge in [-0.15, -0.1) is 0 Å². The highest BCUT2D eigenvalue weighted by atomic mass is 19.1. The van der Waals surface area contributed by atoms with E-state index in [0.717, 1.165) is 6.20 Å². The Morgan fingerprint density at radius 3 is 2.74 bits per heavy atom. The number of hydrogen-bond acceptors (Lipinski definition) is 4. The molecule has 1 aromatic heterocycles. The second-order valence-electron chi connectivity index (χ2n) is 4.06. The Morgan fingerprint density at radius 2 is 2.21 bits per heavy atom. The van der Waals surface area contributed by atoms with Crippen molar-refractivity contribution in [3.8, 4) is 0 Å². The standard InChI is InChI=1S/C12H13FN4O2/c1-2-10(8-5-3-4-6-9(8)13)16-12(14)11(7-15-16)17(18)19/h3-7,10H,2,14H2,1H3. The van der Waals surface area contributed by atoms with Crippen molar-refractivity contribution in [2.45, 2.75) is 19.4 Å². The lowest BCUT2D eigenvalue weighted by Crippen LogP contribution is -2.15. The molecule has 6 nitrogen and oxygen atoms in total. The average Bonchev–Trinajstić information content (AvgIpc) is 2.75. The second-order valence-corrected chi connectivity index (χ2v) is 4.06. The number of nitro groups is 1. The summed E-state index contributed by atoms with van der Waals surface area (Å²) in [5.74, 6) is -0.452. The van der Waals surface area contributed by atoms with Crippen LogP contribution in [0.5, 0.6) is 0 Å². The third-order valence-corrected chi connectivity index (χ3v) is 2.96. The number of benzene rings is 1. The summed E-state index contributed by atoms with van der Waals surface area (Å²) in [6.45, 7) is 1.84. The Morgan fingerprint density at radius 1 is 1.53 bits per heavy atom. The summed E-state index contributed by atoms with van der Waals surface area (Å²) in [5.41, 5.74) is 5.85. The Hall–Kier alpha value is -2.44. The molecule has 0 radical (unpaired) electrons. The van der Waals surface area contributed by atoms with Crippen molar-refractivity contribution in [1.29, 1.82) is 0 Å². The van der Waals surface area contributed by atoms with E-state index in [0.29, 0.717) is 12.0 Å². The molecular formula is C12H13FN4O2. The minimum atomic E-state index is -0.604. The van der Waals surface area contributed by atoms with Crippen LogP contribution < -0.4 is 5.73 Å². The molecule has 0 aliphatic heterocycles. The summed E-state index contributed by atoms with van der Waals surface area (Å²) < 4.78 is 15.1. The zero-order valence-electron chi connectivity index (χ0n) is 10.3. The maximum Gasteiger partial charge on any atom is 0.330 e. The Labute approximate surface area is 108 Å². The number of hydrogen-bond donors (Lipinski definition) is 1. The number of anilines is 1. The monoisotopic (exact) mass is 264 g/mol. The van der Waals surface area contributed by atoms with Gasteiger partial charge in [-0.25, -0.2) is 9.07 Å². The van der Waals surface area contributed by atoms with Gasteiger partial charge in [-0.05, 0) is 12.5 Å². The van der Waals surface area contributed by atoms with Gasteiger partial charge >= 0.3 is 5.69 Å². The van der Waals surface area contributed by atoms with Crippen molar-refractivity contribution in [3.05, 3.63) is 52.0 Å². The Bertz CT molecular complexity index is 612. The van der Waals surface area contributed by atoms with Gasteiger partial charge in [0.15, 0.2) is 0 Å². The summed E-state index contributed by atoms with van der Waals surface area (Å²) in [7, 11) is 0. The molecule has 7 heteroatoms. The zero-order chi connectivity index (χ0) is 14.0. The van der Waals surface area contributed by atoms with Crippen molar-refractivity contribution in [3.63, 3.8) is 0 Å². The fraction of sp³-hybridized carbons (Fsp3) is 0.250. The van der Waals surface area contributed by atoms with Gasteiger partial charge in [-0.1, -0.05) is 25.1 Å². The van der Waals surface area contributed by atoms with Crippen molar-refractivity contribution in [1.82, 2.24) is 9.78 Å². The van der Waals surface area contributed by atoms with Crippen LogP contribution in [0.4, 0.5) is 15.9 Å². The number of nitrogens with zero attached hydrogens (tertiary/aromatic N) is 3. The third-order valence-electron chi connectivity index (χ3n) is 2.96. The molecule has 100 valence electrons.